The summed E-state index contributed by atoms with van der Waals surface area (Å²) in [5.74, 6) is -2.10. The van der Waals surface area contributed by atoms with Crippen molar-refractivity contribution in [3.8, 4) is 46.8 Å². The molecule has 6 N–H and O–H groups in total. The van der Waals surface area contributed by atoms with Crippen LogP contribution in [0.2, 0.25) is 10.0 Å². The third-order valence-corrected chi connectivity index (χ3v) is 12.7. The van der Waals surface area contributed by atoms with Crippen LogP contribution in [0.5, 0.6) is 23.5 Å². The standard InChI is InChI=1S/C48H42Br2Cl2N8O10/c1-47(25-61,45(63)64)57-19-33-11-37(49)43(59-41(33)67-21-29-9-27(13-53)15-55-17-29)69-23-31-5-3-7-35(39(31)51)36-8-4-6-32(40(36)52)24-70-44-38(50)12-34(20-58-48(2,26-62)46(65)66)42(60-44)68-22-30-10-28(14-54)16-56-18-30/h3-12,15-18,57-58,61-62H,19-26H2,1-2H3,(H,63,64)(H,65,66)/t47-,48-/m0/s1. The van der Waals surface area contributed by atoms with Gasteiger partial charge in [0, 0.05) is 82.4 Å². The molecule has 0 spiro atoms. The van der Waals surface area contributed by atoms with Crippen molar-refractivity contribution >= 4 is 67.0 Å². The Labute approximate surface area is 428 Å². The fourth-order valence-electron chi connectivity index (χ4n) is 6.32. The third-order valence-electron chi connectivity index (χ3n) is 10.7. The van der Waals surface area contributed by atoms with E-state index in [9.17, 15) is 40.5 Å². The van der Waals surface area contributed by atoms with Crippen LogP contribution in [-0.4, -0.2) is 76.6 Å². The molecule has 0 unspecified atom stereocenters. The summed E-state index contributed by atoms with van der Waals surface area (Å²) >= 11 is 21.1. The highest BCUT2D eigenvalue weighted by Crippen LogP contribution is 2.39. The second-order valence-electron chi connectivity index (χ2n) is 15.9. The molecule has 0 radical (unpaired) electrons. The van der Waals surface area contributed by atoms with Gasteiger partial charge in [-0.3, -0.25) is 30.2 Å². The number of rotatable bonds is 23. The van der Waals surface area contributed by atoms with E-state index in [2.05, 4.69) is 62.4 Å². The molecule has 0 fully saturated rings. The molecule has 22 heteroatoms. The van der Waals surface area contributed by atoms with Gasteiger partial charge in [0.1, 0.15) is 49.6 Å². The molecule has 4 heterocycles. The second kappa shape index (κ2) is 23.9. The zero-order valence-corrected chi connectivity index (χ0v) is 41.9. The van der Waals surface area contributed by atoms with Gasteiger partial charge in [0.25, 0.3) is 0 Å². The predicted octanol–water partition coefficient (Wildman–Crippen LogP) is 7.68. The highest BCUT2D eigenvalue weighted by Gasteiger charge is 2.33. The number of halogens is 4. The highest BCUT2D eigenvalue weighted by molar-refractivity contribution is 9.10. The van der Waals surface area contributed by atoms with E-state index >= 15 is 0 Å². The number of aliphatic hydroxyl groups excluding tert-OH is 2. The number of aliphatic carboxylic acids is 2. The van der Waals surface area contributed by atoms with E-state index < -0.39 is 36.2 Å². The van der Waals surface area contributed by atoms with Crippen molar-refractivity contribution in [3.05, 3.63) is 149 Å². The van der Waals surface area contributed by atoms with Gasteiger partial charge in [0.05, 0.1) is 43.3 Å². The summed E-state index contributed by atoms with van der Waals surface area (Å²) in [6.07, 6.45) is 5.91. The van der Waals surface area contributed by atoms with Crippen LogP contribution in [0.15, 0.2) is 94.4 Å². The number of nitrogens with zero attached hydrogens (tertiary/aromatic N) is 6. The Kier molecular flexibility index (Phi) is 18.1. The predicted molar refractivity (Wildman–Crippen MR) is 261 cm³/mol. The lowest BCUT2D eigenvalue weighted by atomic mass is 10.0. The molecule has 0 aliphatic heterocycles. The Hall–Kier alpha value is -6.46. The Balaban J connectivity index is 1.22. The second-order valence-corrected chi connectivity index (χ2v) is 18.3. The fraction of sp³-hybridized carbons (Fsp3) is 0.250. The van der Waals surface area contributed by atoms with Crippen molar-refractivity contribution in [1.82, 2.24) is 30.6 Å². The van der Waals surface area contributed by atoms with Crippen LogP contribution >= 0.6 is 55.1 Å². The number of nitrogens with one attached hydrogen (secondary N) is 2. The van der Waals surface area contributed by atoms with Gasteiger partial charge in [0.2, 0.25) is 23.5 Å². The lowest BCUT2D eigenvalue weighted by Gasteiger charge is -2.24. The molecule has 4 aromatic heterocycles. The normalized spacial score (nSPS) is 12.7. The summed E-state index contributed by atoms with van der Waals surface area (Å²) in [5, 5.41) is 64.1. The molecular formula is C48H42Br2Cl2N8O10. The topological polar surface area (TPSA) is 275 Å². The molecule has 362 valence electrons. The molecular weight excluding hydrogens is 1080 g/mol. The summed E-state index contributed by atoms with van der Waals surface area (Å²) in [7, 11) is 0. The summed E-state index contributed by atoms with van der Waals surface area (Å²) in [6, 6.07) is 21.3. The Morgan fingerprint density at radius 2 is 1.00 bits per heavy atom. The van der Waals surface area contributed by atoms with Gasteiger partial charge in [0.15, 0.2) is 0 Å². The van der Waals surface area contributed by atoms with E-state index in [1.165, 1.54) is 38.6 Å². The number of carboxylic acid groups (broad SMARTS) is 2. The van der Waals surface area contributed by atoms with Gasteiger partial charge in [-0.25, -0.2) is 0 Å². The van der Waals surface area contributed by atoms with Crippen LogP contribution in [0.4, 0.5) is 0 Å². The zero-order valence-electron chi connectivity index (χ0n) is 37.2. The fourth-order valence-corrected chi connectivity index (χ4v) is 7.85. The Morgan fingerprint density at radius 1 is 0.614 bits per heavy atom. The Bertz CT molecular complexity index is 2800. The monoisotopic (exact) mass is 1120 g/mol. The molecule has 18 nitrogen and oxygen atoms in total. The largest absolute Gasteiger partial charge is 0.480 e. The maximum atomic E-state index is 11.9. The van der Waals surface area contributed by atoms with E-state index in [0.717, 1.165) is 0 Å². The first-order valence-electron chi connectivity index (χ1n) is 20.8. The minimum absolute atomic E-state index is 0.0356. The number of hydrogen-bond acceptors (Lipinski definition) is 16. The quantitative estimate of drug-likeness (QED) is 0.0359. The number of pyridine rings is 4. The van der Waals surface area contributed by atoms with Crippen LogP contribution in [-0.2, 0) is 49.1 Å². The van der Waals surface area contributed by atoms with Crippen molar-refractivity contribution in [2.45, 2.75) is 64.4 Å². The average molecular weight is 1120 g/mol. The van der Waals surface area contributed by atoms with Gasteiger partial charge >= 0.3 is 11.9 Å². The summed E-state index contributed by atoms with van der Waals surface area (Å²) in [6.45, 7) is 1.01. The molecule has 0 bridgehead atoms. The van der Waals surface area contributed by atoms with Gasteiger partial charge in [-0.05, 0) is 70.0 Å². The third kappa shape index (κ3) is 13.0. The molecule has 0 saturated heterocycles. The summed E-state index contributed by atoms with van der Waals surface area (Å²) < 4.78 is 25.3. The van der Waals surface area contributed by atoms with E-state index in [0.29, 0.717) is 74.6 Å². The van der Waals surface area contributed by atoms with Crippen molar-refractivity contribution in [3.63, 3.8) is 0 Å². The lowest BCUT2D eigenvalue weighted by Crippen LogP contribution is -2.52. The van der Waals surface area contributed by atoms with Gasteiger partial charge in [-0.15, -0.1) is 0 Å². The molecule has 0 aliphatic carbocycles. The van der Waals surface area contributed by atoms with Gasteiger partial charge < -0.3 is 39.4 Å². The van der Waals surface area contributed by atoms with Crippen LogP contribution < -0.4 is 29.6 Å². The maximum Gasteiger partial charge on any atom is 0.326 e. The van der Waals surface area contributed by atoms with Crippen LogP contribution in [0, 0.1) is 22.7 Å². The maximum absolute atomic E-state index is 11.9. The van der Waals surface area contributed by atoms with Crippen molar-refractivity contribution in [2.75, 3.05) is 13.2 Å². The van der Waals surface area contributed by atoms with Crippen LogP contribution in [0.3, 0.4) is 0 Å². The number of carbonyl (C=O) groups is 2. The van der Waals surface area contributed by atoms with Crippen molar-refractivity contribution in [1.29, 1.82) is 10.5 Å². The van der Waals surface area contributed by atoms with Gasteiger partial charge in [-0.2, -0.15) is 20.5 Å². The Morgan fingerprint density at radius 3 is 1.36 bits per heavy atom. The number of hydrogen-bond donors (Lipinski definition) is 6. The summed E-state index contributed by atoms with van der Waals surface area (Å²) in [4.78, 5) is 41.2. The van der Waals surface area contributed by atoms with Crippen molar-refractivity contribution in [2.24, 2.45) is 0 Å². The van der Waals surface area contributed by atoms with Crippen LogP contribution in [0.25, 0.3) is 11.1 Å². The first-order valence-corrected chi connectivity index (χ1v) is 23.2. The molecule has 0 saturated carbocycles. The number of aliphatic hydroxyl groups is 2. The number of benzene rings is 2. The number of carboxylic acids is 2. The van der Waals surface area contributed by atoms with E-state index in [1.54, 1.807) is 60.7 Å². The molecule has 70 heavy (non-hydrogen) atoms. The first-order chi connectivity index (χ1) is 33.5. The smallest absolute Gasteiger partial charge is 0.326 e. The SMILES string of the molecule is C[C@@](CO)(NCc1cc(Br)c(OCc2cccc(-c3cccc(COc4nc(OCc5cncc(C#N)c5)c(CN[C@@](C)(CO)C(=O)O)cc4Br)c3Cl)c2Cl)nc1OCc1cncc(C#N)c1)C(=O)O. The highest BCUT2D eigenvalue weighted by atomic mass is 79.9. The molecule has 6 rings (SSSR count). The minimum Gasteiger partial charge on any atom is -0.480 e. The van der Waals surface area contributed by atoms with E-state index in [-0.39, 0.29) is 63.0 Å². The molecule has 0 aliphatic rings. The number of ether oxygens (including phenoxy) is 4. The molecule has 2 atom stereocenters. The molecule has 0 amide bonds. The first kappa shape index (κ1) is 52.9. The minimum atomic E-state index is -1.66. The number of aromatic nitrogens is 4. The van der Waals surface area contributed by atoms with E-state index in [1.807, 2.05) is 12.1 Å². The lowest BCUT2D eigenvalue weighted by molar-refractivity contribution is -0.146. The molecule has 6 aromatic rings. The van der Waals surface area contributed by atoms with E-state index in [4.69, 9.17) is 42.1 Å². The van der Waals surface area contributed by atoms with Crippen LogP contribution in [0.1, 0.15) is 58.4 Å². The zero-order chi connectivity index (χ0) is 50.6. The van der Waals surface area contributed by atoms with Crippen molar-refractivity contribution < 1.29 is 49.0 Å². The molecule has 2 aromatic carbocycles. The summed E-state index contributed by atoms with van der Waals surface area (Å²) in [5.41, 5.74) is 1.70. The number of nitriles is 2. The van der Waals surface area contributed by atoms with Gasteiger partial charge in [-0.1, -0.05) is 59.6 Å². The average Bonchev–Trinajstić information content (AvgIpc) is 3.36.